The highest BCUT2D eigenvalue weighted by molar-refractivity contribution is 5.88. The number of alkyl halides is 3. The van der Waals surface area contributed by atoms with Gasteiger partial charge in [-0.1, -0.05) is 12.1 Å². The third kappa shape index (κ3) is 3.92. The fourth-order valence-corrected chi connectivity index (χ4v) is 3.64. The van der Waals surface area contributed by atoms with E-state index in [9.17, 15) is 22.0 Å². The largest absolute Gasteiger partial charge is 0.451 e. The van der Waals surface area contributed by atoms with Gasteiger partial charge in [0, 0.05) is 35.5 Å². The van der Waals surface area contributed by atoms with Crippen LogP contribution in [0.1, 0.15) is 30.1 Å². The van der Waals surface area contributed by atoms with E-state index in [0.717, 1.165) is 35.3 Å². The zero-order chi connectivity index (χ0) is 24.9. The van der Waals surface area contributed by atoms with Crippen LogP contribution < -0.4 is 5.73 Å². The Morgan fingerprint density at radius 1 is 1.03 bits per heavy atom. The maximum absolute atomic E-state index is 14.2. The number of benzene rings is 1. The normalized spacial score (nSPS) is 12.9. The smallest absolute Gasteiger partial charge is 0.382 e. The van der Waals surface area contributed by atoms with Crippen molar-refractivity contribution in [1.29, 1.82) is 0 Å². The van der Waals surface area contributed by atoms with Crippen LogP contribution in [0, 0.1) is 11.6 Å². The summed E-state index contributed by atoms with van der Waals surface area (Å²) in [6.07, 6.45) is 0.0537. The van der Waals surface area contributed by atoms with E-state index >= 15 is 0 Å². The van der Waals surface area contributed by atoms with E-state index in [1.165, 1.54) is 17.0 Å². The zero-order valence-electron chi connectivity index (χ0n) is 17.7. The van der Waals surface area contributed by atoms with E-state index in [1.807, 2.05) is 0 Å². The maximum Gasteiger partial charge on any atom is 0.451 e. The lowest BCUT2D eigenvalue weighted by atomic mass is 10.0. The lowest BCUT2D eigenvalue weighted by molar-refractivity contribution is -0.144. The van der Waals surface area contributed by atoms with Gasteiger partial charge in [-0.25, -0.2) is 32.9 Å². The number of nitrogen functional groups attached to an aromatic ring is 1. The van der Waals surface area contributed by atoms with Crippen molar-refractivity contribution in [3.8, 4) is 16.8 Å². The molecule has 4 aromatic heterocycles. The van der Waals surface area contributed by atoms with Gasteiger partial charge in [0.1, 0.15) is 29.2 Å². The Morgan fingerprint density at radius 2 is 1.77 bits per heavy atom. The van der Waals surface area contributed by atoms with E-state index in [2.05, 4.69) is 30.4 Å². The molecule has 0 aliphatic rings. The number of nitrogens with two attached hydrogens (primary N) is 1. The van der Waals surface area contributed by atoms with E-state index in [0.29, 0.717) is 22.5 Å². The van der Waals surface area contributed by atoms with Crippen LogP contribution in [0.25, 0.3) is 22.3 Å². The predicted molar refractivity (Wildman–Crippen MR) is 112 cm³/mol. The molecule has 0 bridgehead atoms. The SMILES string of the molecule is CC(c1cn(-c2cc(F)ccc2F)nn1)c1cc(-c2cnc(C(F)(F)F)nc2)c2c(N)ncnn12. The molecular weight excluding hydrogens is 473 g/mol. The molecule has 1 aromatic carbocycles. The van der Waals surface area contributed by atoms with Gasteiger partial charge in [-0.3, -0.25) is 0 Å². The van der Waals surface area contributed by atoms with Crippen molar-refractivity contribution in [2.45, 2.75) is 19.0 Å². The molecule has 0 aliphatic carbocycles. The summed E-state index contributed by atoms with van der Waals surface area (Å²) in [4.78, 5) is 10.8. The van der Waals surface area contributed by atoms with Gasteiger partial charge in [-0.05, 0) is 18.2 Å². The molecule has 5 rings (SSSR count). The van der Waals surface area contributed by atoms with Crippen LogP contribution in [-0.4, -0.2) is 39.6 Å². The standard InChI is InChI=1S/C21H14F5N9/c1-10(15-8-34(33-32-15)17-4-12(22)2-3-14(17)23)16-5-13(18-19(27)30-9-31-35(16)18)11-6-28-20(29-7-11)21(24,25)26/h2-10H,1H3,(H2,27,30,31). The molecule has 14 heteroatoms. The summed E-state index contributed by atoms with van der Waals surface area (Å²) in [6, 6.07) is 4.61. The number of halogens is 5. The molecule has 0 fully saturated rings. The molecule has 9 nitrogen and oxygen atoms in total. The Labute approximate surface area is 193 Å². The fourth-order valence-electron chi connectivity index (χ4n) is 3.64. The molecule has 0 aliphatic heterocycles. The minimum absolute atomic E-state index is 0.0823. The summed E-state index contributed by atoms with van der Waals surface area (Å²) in [6.45, 7) is 1.77. The predicted octanol–water partition coefficient (Wildman–Crippen LogP) is 3.80. The quantitative estimate of drug-likeness (QED) is 0.384. The van der Waals surface area contributed by atoms with Crippen LogP contribution in [0.2, 0.25) is 0 Å². The molecule has 1 unspecified atom stereocenters. The van der Waals surface area contributed by atoms with Crippen molar-refractivity contribution < 1.29 is 22.0 Å². The summed E-state index contributed by atoms with van der Waals surface area (Å²) in [5, 5.41) is 12.2. The summed E-state index contributed by atoms with van der Waals surface area (Å²) in [7, 11) is 0. The van der Waals surface area contributed by atoms with E-state index in [4.69, 9.17) is 5.73 Å². The monoisotopic (exact) mass is 487 g/mol. The first-order valence-electron chi connectivity index (χ1n) is 10.0. The highest BCUT2D eigenvalue weighted by atomic mass is 19.4. The second kappa shape index (κ2) is 8.07. The van der Waals surface area contributed by atoms with Crippen molar-refractivity contribution in [3.05, 3.63) is 78.0 Å². The number of hydrogen-bond donors (Lipinski definition) is 1. The summed E-state index contributed by atoms with van der Waals surface area (Å²) >= 11 is 0. The summed E-state index contributed by atoms with van der Waals surface area (Å²) < 4.78 is 69.0. The lowest BCUT2D eigenvalue weighted by Gasteiger charge is -2.08. The zero-order valence-corrected chi connectivity index (χ0v) is 17.7. The van der Waals surface area contributed by atoms with Gasteiger partial charge in [0.2, 0.25) is 5.82 Å². The number of rotatable bonds is 4. The Morgan fingerprint density at radius 3 is 2.49 bits per heavy atom. The molecule has 0 saturated heterocycles. The minimum Gasteiger partial charge on any atom is -0.382 e. The number of hydrogen-bond acceptors (Lipinski definition) is 7. The minimum atomic E-state index is -4.68. The Bertz CT molecular complexity index is 1540. The van der Waals surface area contributed by atoms with Crippen LogP contribution >= 0.6 is 0 Å². The van der Waals surface area contributed by atoms with Crippen LogP contribution in [0.15, 0.2) is 49.2 Å². The Balaban J connectivity index is 1.59. The van der Waals surface area contributed by atoms with Crippen molar-refractivity contribution in [1.82, 2.24) is 39.6 Å². The summed E-state index contributed by atoms with van der Waals surface area (Å²) in [5.41, 5.74) is 7.87. The van der Waals surface area contributed by atoms with Gasteiger partial charge < -0.3 is 5.73 Å². The highest BCUT2D eigenvalue weighted by Crippen LogP contribution is 2.35. The van der Waals surface area contributed by atoms with Crippen molar-refractivity contribution >= 4 is 11.3 Å². The van der Waals surface area contributed by atoms with Gasteiger partial charge in [0.15, 0.2) is 5.82 Å². The Hall–Kier alpha value is -4.49. The number of anilines is 1. The second-order valence-corrected chi connectivity index (χ2v) is 7.59. The van der Waals surface area contributed by atoms with Gasteiger partial charge in [0.05, 0.1) is 17.6 Å². The molecule has 35 heavy (non-hydrogen) atoms. The van der Waals surface area contributed by atoms with Gasteiger partial charge >= 0.3 is 6.18 Å². The first-order chi connectivity index (χ1) is 16.6. The third-order valence-corrected chi connectivity index (χ3v) is 5.38. The average molecular weight is 487 g/mol. The number of nitrogens with zero attached hydrogens (tertiary/aromatic N) is 8. The molecule has 1 atom stereocenters. The maximum atomic E-state index is 14.2. The lowest BCUT2D eigenvalue weighted by Crippen LogP contribution is -2.10. The molecule has 5 aromatic rings. The van der Waals surface area contributed by atoms with Gasteiger partial charge in [-0.2, -0.15) is 18.3 Å². The van der Waals surface area contributed by atoms with E-state index in [1.54, 1.807) is 13.0 Å². The highest BCUT2D eigenvalue weighted by Gasteiger charge is 2.34. The summed E-state index contributed by atoms with van der Waals surface area (Å²) in [5.74, 6) is -3.01. The second-order valence-electron chi connectivity index (χ2n) is 7.59. The Kier molecular flexibility index (Phi) is 5.15. The van der Waals surface area contributed by atoms with E-state index < -0.39 is 29.6 Å². The number of aromatic nitrogens is 8. The van der Waals surface area contributed by atoms with Gasteiger partial charge in [0.25, 0.3) is 0 Å². The molecule has 0 saturated carbocycles. The first-order valence-corrected chi connectivity index (χ1v) is 10.0. The molecule has 2 N–H and O–H groups in total. The van der Waals surface area contributed by atoms with Gasteiger partial charge in [-0.15, -0.1) is 5.10 Å². The molecule has 178 valence electrons. The van der Waals surface area contributed by atoms with Crippen LogP contribution in [0.4, 0.5) is 27.8 Å². The average Bonchev–Trinajstić information content (AvgIpc) is 3.46. The third-order valence-electron chi connectivity index (χ3n) is 5.38. The molecule has 0 spiro atoms. The van der Waals surface area contributed by atoms with Crippen molar-refractivity contribution in [2.75, 3.05) is 5.73 Å². The number of fused-ring (bicyclic) bond motifs is 1. The molecule has 0 radical (unpaired) electrons. The topological polar surface area (TPSA) is 113 Å². The molecule has 4 heterocycles. The first kappa shape index (κ1) is 22.3. The van der Waals surface area contributed by atoms with Crippen LogP contribution in [0.5, 0.6) is 0 Å². The van der Waals surface area contributed by atoms with Crippen molar-refractivity contribution in [3.63, 3.8) is 0 Å². The molecular formula is C21H14F5N9. The fraction of sp³-hybridized carbons (Fsp3) is 0.143. The van der Waals surface area contributed by atoms with E-state index in [-0.39, 0.29) is 17.1 Å². The van der Waals surface area contributed by atoms with Crippen molar-refractivity contribution in [2.24, 2.45) is 0 Å². The van der Waals surface area contributed by atoms with Crippen LogP contribution in [-0.2, 0) is 6.18 Å². The van der Waals surface area contributed by atoms with Crippen LogP contribution in [0.3, 0.4) is 0 Å². The molecule has 0 amide bonds.